The van der Waals surface area contributed by atoms with Crippen LogP contribution in [0.3, 0.4) is 0 Å². The molecule has 2 N–H and O–H groups in total. The molecule has 2 heterocycles. The second kappa shape index (κ2) is 6.24. The van der Waals surface area contributed by atoms with Gasteiger partial charge in [-0.3, -0.25) is 4.79 Å². The third-order valence-electron chi connectivity index (χ3n) is 4.24. The van der Waals surface area contributed by atoms with Crippen molar-refractivity contribution in [1.82, 2.24) is 9.47 Å². The number of likely N-dealkylation sites (tertiary alicyclic amines) is 1. The molecule has 1 aliphatic rings. The molecule has 1 saturated heterocycles. The van der Waals surface area contributed by atoms with Crippen molar-refractivity contribution in [3.05, 3.63) is 28.7 Å². The van der Waals surface area contributed by atoms with E-state index < -0.39 is 0 Å². The summed E-state index contributed by atoms with van der Waals surface area (Å²) in [6.45, 7) is 8.60. The van der Waals surface area contributed by atoms with Crippen molar-refractivity contribution < 1.29 is 0 Å². The molecule has 0 bridgehead atoms. The summed E-state index contributed by atoms with van der Waals surface area (Å²) in [5.41, 5.74) is 6.40. The Morgan fingerprint density at radius 3 is 2.58 bits per heavy atom. The van der Waals surface area contributed by atoms with Crippen molar-refractivity contribution >= 4 is 5.69 Å². The smallest absolute Gasteiger partial charge is 0.250 e. The number of nitrogens with zero attached hydrogens (tertiary/aromatic N) is 2. The van der Waals surface area contributed by atoms with E-state index in [0.717, 1.165) is 38.0 Å². The Morgan fingerprint density at radius 2 is 1.95 bits per heavy atom. The highest BCUT2D eigenvalue weighted by Gasteiger charge is 2.21. The quantitative estimate of drug-likeness (QED) is 0.901. The van der Waals surface area contributed by atoms with Crippen molar-refractivity contribution in [2.24, 2.45) is 11.8 Å². The van der Waals surface area contributed by atoms with E-state index in [1.807, 2.05) is 0 Å². The van der Waals surface area contributed by atoms with Crippen molar-refractivity contribution in [3.8, 4) is 0 Å². The third-order valence-corrected chi connectivity index (χ3v) is 4.24. The molecule has 1 aliphatic heterocycles. The summed E-state index contributed by atoms with van der Waals surface area (Å²) in [7, 11) is 0. The number of nitrogens with two attached hydrogens (primary N) is 1. The normalized spacial score (nSPS) is 18.1. The van der Waals surface area contributed by atoms with Crippen LogP contribution >= 0.6 is 0 Å². The molecule has 106 valence electrons. The number of hydrogen-bond donors (Lipinski definition) is 1. The van der Waals surface area contributed by atoms with Gasteiger partial charge in [0, 0.05) is 31.0 Å². The number of pyridine rings is 1. The van der Waals surface area contributed by atoms with Gasteiger partial charge in [0.05, 0.1) is 0 Å². The molecule has 0 aliphatic carbocycles. The summed E-state index contributed by atoms with van der Waals surface area (Å²) in [6.07, 6.45) is 4.30. The van der Waals surface area contributed by atoms with Crippen LogP contribution < -0.4 is 11.3 Å². The highest BCUT2D eigenvalue weighted by Crippen LogP contribution is 2.24. The summed E-state index contributed by atoms with van der Waals surface area (Å²) in [4.78, 5) is 14.1. The van der Waals surface area contributed by atoms with Crippen molar-refractivity contribution in [3.63, 3.8) is 0 Å². The van der Waals surface area contributed by atoms with Gasteiger partial charge in [0.15, 0.2) is 0 Å². The average molecular weight is 263 g/mol. The first kappa shape index (κ1) is 14.1. The van der Waals surface area contributed by atoms with E-state index >= 15 is 0 Å². The maximum absolute atomic E-state index is 11.7. The Morgan fingerprint density at radius 1 is 1.26 bits per heavy atom. The Labute approximate surface area is 115 Å². The predicted molar refractivity (Wildman–Crippen MR) is 79.1 cm³/mol. The van der Waals surface area contributed by atoms with E-state index in [1.165, 1.54) is 12.8 Å². The maximum Gasteiger partial charge on any atom is 0.250 e. The fourth-order valence-electron chi connectivity index (χ4n) is 2.82. The van der Waals surface area contributed by atoms with Crippen molar-refractivity contribution in [1.29, 1.82) is 0 Å². The third kappa shape index (κ3) is 3.83. The lowest BCUT2D eigenvalue weighted by Gasteiger charge is -2.33. The van der Waals surface area contributed by atoms with Crippen LogP contribution in [0, 0.1) is 11.8 Å². The van der Waals surface area contributed by atoms with E-state index in [4.69, 9.17) is 5.73 Å². The second-order valence-electron chi connectivity index (χ2n) is 5.92. The second-order valence-corrected chi connectivity index (χ2v) is 5.92. The first-order chi connectivity index (χ1) is 9.06. The lowest BCUT2D eigenvalue weighted by atomic mass is 9.87. The Bertz CT molecular complexity index is 459. The molecule has 0 saturated carbocycles. The molecule has 0 amide bonds. The summed E-state index contributed by atoms with van der Waals surface area (Å²) in [6, 6.07) is 3.20. The largest absolute Gasteiger partial charge is 0.398 e. The minimum atomic E-state index is 0.0336. The highest BCUT2D eigenvalue weighted by atomic mass is 16.1. The number of nitrogen functional groups attached to an aromatic ring is 1. The van der Waals surface area contributed by atoms with Crippen LogP contribution in [-0.2, 0) is 6.54 Å². The Balaban J connectivity index is 1.84. The lowest BCUT2D eigenvalue weighted by molar-refractivity contribution is 0.153. The van der Waals surface area contributed by atoms with Crippen LogP contribution in [0.5, 0.6) is 0 Å². The Kier molecular flexibility index (Phi) is 4.64. The van der Waals surface area contributed by atoms with Crippen LogP contribution in [0.25, 0.3) is 0 Å². The molecule has 0 aromatic carbocycles. The Hall–Kier alpha value is -1.29. The minimum absolute atomic E-state index is 0.0336. The monoisotopic (exact) mass is 263 g/mol. The van der Waals surface area contributed by atoms with Gasteiger partial charge in [-0.1, -0.05) is 13.8 Å². The van der Waals surface area contributed by atoms with E-state index in [2.05, 4.69) is 18.7 Å². The number of rotatable bonds is 4. The molecule has 1 aromatic rings. The van der Waals surface area contributed by atoms with Gasteiger partial charge in [0.2, 0.25) is 0 Å². The SMILES string of the molecule is CC(C)C1CCN(CCn2cc(N)ccc2=O)CC1. The molecule has 4 heteroatoms. The van der Waals surface area contributed by atoms with Gasteiger partial charge in [-0.2, -0.15) is 0 Å². The van der Waals surface area contributed by atoms with Crippen LogP contribution in [0.4, 0.5) is 5.69 Å². The molecule has 4 nitrogen and oxygen atoms in total. The number of aromatic nitrogens is 1. The van der Waals surface area contributed by atoms with Crippen LogP contribution in [0.2, 0.25) is 0 Å². The summed E-state index contributed by atoms with van der Waals surface area (Å²) < 4.78 is 1.71. The lowest BCUT2D eigenvalue weighted by Crippen LogP contribution is -2.38. The maximum atomic E-state index is 11.7. The number of piperidine rings is 1. The van der Waals surface area contributed by atoms with Crippen LogP contribution in [0.15, 0.2) is 23.1 Å². The molecule has 0 atom stereocenters. The molecular formula is C15H25N3O. The van der Waals surface area contributed by atoms with E-state index in [0.29, 0.717) is 5.69 Å². The molecule has 1 fully saturated rings. The van der Waals surface area contributed by atoms with Crippen molar-refractivity contribution in [2.75, 3.05) is 25.4 Å². The molecule has 19 heavy (non-hydrogen) atoms. The molecule has 2 rings (SSSR count). The van der Waals surface area contributed by atoms with Gasteiger partial charge in [0.25, 0.3) is 5.56 Å². The van der Waals surface area contributed by atoms with Gasteiger partial charge in [0.1, 0.15) is 0 Å². The van der Waals surface area contributed by atoms with Crippen LogP contribution in [-0.4, -0.2) is 29.1 Å². The van der Waals surface area contributed by atoms with Gasteiger partial charge in [-0.25, -0.2) is 0 Å². The molecular weight excluding hydrogens is 238 g/mol. The highest BCUT2D eigenvalue weighted by molar-refractivity contribution is 5.33. The summed E-state index contributed by atoms with van der Waals surface area (Å²) in [5.74, 6) is 1.66. The van der Waals surface area contributed by atoms with Gasteiger partial charge in [-0.15, -0.1) is 0 Å². The molecule has 1 aromatic heterocycles. The van der Waals surface area contributed by atoms with E-state index in [9.17, 15) is 4.79 Å². The fraction of sp³-hybridized carbons (Fsp3) is 0.667. The van der Waals surface area contributed by atoms with Crippen LogP contribution in [0.1, 0.15) is 26.7 Å². The molecule has 0 radical (unpaired) electrons. The predicted octanol–water partition coefficient (Wildman–Crippen LogP) is 1.80. The first-order valence-electron chi connectivity index (χ1n) is 7.24. The zero-order valence-electron chi connectivity index (χ0n) is 12.0. The van der Waals surface area contributed by atoms with Gasteiger partial charge < -0.3 is 15.2 Å². The first-order valence-corrected chi connectivity index (χ1v) is 7.24. The molecule has 0 spiro atoms. The van der Waals surface area contributed by atoms with Crippen molar-refractivity contribution in [2.45, 2.75) is 33.2 Å². The zero-order valence-corrected chi connectivity index (χ0v) is 12.0. The standard InChI is InChI=1S/C15H25N3O/c1-12(2)13-5-7-17(8-6-13)9-10-18-11-14(16)3-4-15(18)19/h3-4,11-13H,5-10,16H2,1-2H3. The minimum Gasteiger partial charge on any atom is -0.398 e. The van der Waals surface area contributed by atoms with E-state index in [-0.39, 0.29) is 5.56 Å². The summed E-state index contributed by atoms with van der Waals surface area (Å²) in [5, 5.41) is 0. The number of anilines is 1. The number of hydrogen-bond acceptors (Lipinski definition) is 3. The topological polar surface area (TPSA) is 51.3 Å². The average Bonchev–Trinajstić information content (AvgIpc) is 2.40. The summed E-state index contributed by atoms with van der Waals surface area (Å²) >= 11 is 0. The van der Waals surface area contributed by atoms with Gasteiger partial charge in [-0.05, 0) is 43.8 Å². The zero-order chi connectivity index (χ0) is 13.8. The van der Waals surface area contributed by atoms with Gasteiger partial charge >= 0.3 is 0 Å². The van der Waals surface area contributed by atoms with E-state index in [1.54, 1.807) is 22.9 Å². The fourth-order valence-corrected chi connectivity index (χ4v) is 2.82. The molecule has 0 unspecified atom stereocenters.